The van der Waals surface area contributed by atoms with E-state index in [1.165, 1.54) is 10.4 Å². The Kier molecular flexibility index (Phi) is 4.62. The average Bonchev–Trinajstić information content (AvgIpc) is 2.77. The van der Waals surface area contributed by atoms with Gasteiger partial charge in [-0.1, -0.05) is 33.6 Å². The van der Waals surface area contributed by atoms with Crippen LogP contribution in [0.2, 0.25) is 5.02 Å². The highest BCUT2D eigenvalue weighted by molar-refractivity contribution is 9.10. The molecule has 2 aromatic rings. The quantitative estimate of drug-likeness (QED) is 0.859. The molecule has 0 radical (unpaired) electrons. The number of hydrogen-bond acceptors (Lipinski definition) is 2. The third-order valence-corrected chi connectivity index (χ3v) is 4.20. The second-order valence-electron chi connectivity index (χ2n) is 3.83. The van der Waals surface area contributed by atoms with E-state index >= 15 is 0 Å². The summed E-state index contributed by atoms with van der Waals surface area (Å²) in [4.78, 5) is 1.38. The summed E-state index contributed by atoms with van der Waals surface area (Å²) in [6.45, 7) is 0. The Bertz CT molecular complexity index is 464. The largest absolute Gasteiger partial charge is 0.313 e. The molecule has 17 heavy (non-hydrogen) atoms. The van der Waals surface area contributed by atoms with Crippen molar-refractivity contribution in [3.8, 4) is 0 Å². The van der Waals surface area contributed by atoms with Gasteiger partial charge in [-0.2, -0.15) is 0 Å². The molecule has 0 saturated carbocycles. The summed E-state index contributed by atoms with van der Waals surface area (Å²) in [6, 6.07) is 10.6. The Morgan fingerprint density at radius 2 is 2.24 bits per heavy atom. The van der Waals surface area contributed by atoms with Crippen LogP contribution in [0.15, 0.2) is 40.2 Å². The molecule has 0 aliphatic carbocycles. The zero-order valence-corrected chi connectivity index (χ0v) is 12.6. The van der Waals surface area contributed by atoms with Crippen LogP contribution in [-0.4, -0.2) is 7.05 Å². The smallest absolute Gasteiger partial charge is 0.0420 e. The molecule has 2 rings (SSSR count). The lowest BCUT2D eigenvalue weighted by Gasteiger charge is -2.16. The molecule has 4 heteroatoms. The summed E-state index contributed by atoms with van der Waals surface area (Å²) in [5.74, 6) is 0. The average molecular weight is 331 g/mol. The molecule has 1 N–H and O–H groups in total. The molecule has 0 amide bonds. The van der Waals surface area contributed by atoms with Crippen molar-refractivity contribution >= 4 is 38.9 Å². The first kappa shape index (κ1) is 13.1. The summed E-state index contributed by atoms with van der Waals surface area (Å²) in [5, 5.41) is 6.21. The maximum atomic E-state index is 6.08. The molecule has 0 bridgehead atoms. The predicted molar refractivity (Wildman–Crippen MR) is 79.0 cm³/mol. The van der Waals surface area contributed by atoms with E-state index in [4.69, 9.17) is 11.6 Å². The molecule has 1 heterocycles. The lowest BCUT2D eigenvalue weighted by Crippen LogP contribution is -2.18. The summed E-state index contributed by atoms with van der Waals surface area (Å²) in [5.41, 5.74) is 1.21. The first-order valence-corrected chi connectivity index (χ1v) is 7.39. The number of rotatable bonds is 4. The number of hydrogen-bond donors (Lipinski definition) is 1. The van der Waals surface area contributed by atoms with Gasteiger partial charge in [-0.25, -0.2) is 0 Å². The van der Waals surface area contributed by atoms with Crippen LogP contribution in [0.25, 0.3) is 0 Å². The van der Waals surface area contributed by atoms with E-state index < -0.39 is 0 Å². The lowest BCUT2D eigenvalue weighted by molar-refractivity contribution is 0.596. The van der Waals surface area contributed by atoms with Gasteiger partial charge >= 0.3 is 0 Å². The highest BCUT2D eigenvalue weighted by Gasteiger charge is 2.12. The third-order valence-electron chi connectivity index (χ3n) is 2.62. The zero-order chi connectivity index (χ0) is 12.3. The minimum absolute atomic E-state index is 0.295. The highest BCUT2D eigenvalue weighted by Crippen LogP contribution is 2.26. The Hall–Kier alpha value is -0.350. The molecule has 0 fully saturated rings. The first-order valence-electron chi connectivity index (χ1n) is 5.34. The SMILES string of the molecule is CNC(Cc1cccs1)c1cc(Cl)cc(Br)c1. The third kappa shape index (κ3) is 3.55. The van der Waals surface area contributed by atoms with Crippen LogP contribution in [0.4, 0.5) is 0 Å². The number of thiophene rings is 1. The van der Waals surface area contributed by atoms with Crippen LogP contribution in [0.1, 0.15) is 16.5 Å². The molecule has 1 aromatic heterocycles. The molecular formula is C13H13BrClNS. The van der Waals surface area contributed by atoms with E-state index in [1.807, 2.05) is 19.2 Å². The van der Waals surface area contributed by atoms with Gasteiger partial charge in [0.05, 0.1) is 0 Å². The summed E-state index contributed by atoms with van der Waals surface area (Å²) in [6.07, 6.45) is 0.987. The Labute approximate surface area is 119 Å². The fourth-order valence-corrected chi connectivity index (χ4v) is 3.43. The van der Waals surface area contributed by atoms with Crippen molar-refractivity contribution in [2.45, 2.75) is 12.5 Å². The predicted octanol–water partition coefficient (Wildman–Crippen LogP) is 4.67. The molecular weight excluding hydrogens is 318 g/mol. The van der Waals surface area contributed by atoms with E-state index in [9.17, 15) is 0 Å². The minimum Gasteiger partial charge on any atom is -0.313 e. The molecule has 1 atom stereocenters. The first-order chi connectivity index (χ1) is 8.19. The Morgan fingerprint density at radius 3 is 2.82 bits per heavy atom. The van der Waals surface area contributed by atoms with Crippen LogP contribution < -0.4 is 5.32 Å². The van der Waals surface area contributed by atoms with E-state index in [1.54, 1.807) is 11.3 Å². The zero-order valence-electron chi connectivity index (χ0n) is 9.41. The van der Waals surface area contributed by atoms with Gasteiger partial charge in [0.1, 0.15) is 0 Å². The topological polar surface area (TPSA) is 12.0 Å². The van der Waals surface area contributed by atoms with Gasteiger partial charge in [0, 0.05) is 26.8 Å². The van der Waals surface area contributed by atoms with Crippen LogP contribution in [0.5, 0.6) is 0 Å². The van der Waals surface area contributed by atoms with Crippen molar-refractivity contribution in [3.05, 3.63) is 55.6 Å². The van der Waals surface area contributed by atoms with Gasteiger partial charge in [0.25, 0.3) is 0 Å². The van der Waals surface area contributed by atoms with Crippen molar-refractivity contribution in [2.24, 2.45) is 0 Å². The number of nitrogens with one attached hydrogen (secondary N) is 1. The van der Waals surface area contributed by atoms with Crippen molar-refractivity contribution in [2.75, 3.05) is 7.05 Å². The maximum absolute atomic E-state index is 6.08. The number of benzene rings is 1. The minimum atomic E-state index is 0.295. The summed E-state index contributed by atoms with van der Waals surface area (Å²) in [7, 11) is 1.98. The Morgan fingerprint density at radius 1 is 1.41 bits per heavy atom. The van der Waals surface area contributed by atoms with E-state index in [0.717, 1.165) is 15.9 Å². The van der Waals surface area contributed by atoms with E-state index in [-0.39, 0.29) is 0 Å². The fraction of sp³-hybridized carbons (Fsp3) is 0.231. The van der Waals surface area contributed by atoms with Crippen molar-refractivity contribution < 1.29 is 0 Å². The second-order valence-corrected chi connectivity index (χ2v) is 6.21. The lowest BCUT2D eigenvalue weighted by atomic mass is 10.0. The molecule has 1 unspecified atom stereocenters. The van der Waals surface area contributed by atoms with Gasteiger partial charge in [0.2, 0.25) is 0 Å². The highest BCUT2D eigenvalue weighted by atomic mass is 79.9. The van der Waals surface area contributed by atoms with Crippen molar-refractivity contribution in [1.29, 1.82) is 0 Å². The van der Waals surface area contributed by atoms with Gasteiger partial charge < -0.3 is 5.32 Å². The Balaban J connectivity index is 2.22. The molecule has 1 nitrogen and oxygen atoms in total. The normalized spacial score (nSPS) is 12.6. The van der Waals surface area contributed by atoms with Crippen LogP contribution in [0.3, 0.4) is 0 Å². The van der Waals surface area contributed by atoms with Gasteiger partial charge in [0.15, 0.2) is 0 Å². The van der Waals surface area contributed by atoms with Gasteiger partial charge in [-0.3, -0.25) is 0 Å². The summed E-state index contributed by atoms with van der Waals surface area (Å²) < 4.78 is 1.02. The molecule has 0 saturated heterocycles. The van der Waals surface area contributed by atoms with Crippen LogP contribution in [-0.2, 0) is 6.42 Å². The molecule has 90 valence electrons. The molecule has 0 aliphatic heterocycles. The van der Waals surface area contributed by atoms with Crippen LogP contribution >= 0.6 is 38.9 Å². The van der Waals surface area contributed by atoms with Crippen molar-refractivity contribution in [3.63, 3.8) is 0 Å². The van der Waals surface area contributed by atoms with Gasteiger partial charge in [-0.15, -0.1) is 11.3 Å². The second kappa shape index (κ2) is 6.01. The summed E-state index contributed by atoms with van der Waals surface area (Å²) >= 11 is 11.3. The van der Waals surface area contributed by atoms with Crippen molar-refractivity contribution in [1.82, 2.24) is 5.32 Å². The number of likely N-dealkylation sites (N-methyl/N-ethyl adjacent to an activating group) is 1. The molecule has 0 spiro atoms. The standard InChI is InChI=1S/C13H13BrClNS/c1-16-13(8-12-3-2-4-17-12)9-5-10(14)7-11(15)6-9/h2-7,13,16H,8H2,1H3. The molecule has 1 aromatic carbocycles. The maximum Gasteiger partial charge on any atom is 0.0420 e. The van der Waals surface area contributed by atoms with E-state index in [2.05, 4.69) is 44.8 Å². The molecule has 0 aliphatic rings. The number of halogens is 2. The van der Waals surface area contributed by atoms with Crippen LogP contribution in [0, 0.1) is 0 Å². The fourth-order valence-electron chi connectivity index (χ4n) is 1.79. The van der Waals surface area contributed by atoms with E-state index in [0.29, 0.717) is 6.04 Å². The monoisotopic (exact) mass is 329 g/mol. The van der Waals surface area contributed by atoms with Gasteiger partial charge in [-0.05, 0) is 42.3 Å².